The molecule has 0 saturated carbocycles. The number of carbonyl (C=O) groups is 1. The van der Waals surface area contributed by atoms with E-state index in [2.05, 4.69) is 20.9 Å². The topological polar surface area (TPSA) is 56.0 Å². The number of anilines is 1. The smallest absolute Gasteiger partial charge is 0.375 e. The van der Waals surface area contributed by atoms with Gasteiger partial charge in [0.05, 0.1) is 16.8 Å². The van der Waals surface area contributed by atoms with Crippen molar-refractivity contribution in [2.75, 3.05) is 5.73 Å². The molecule has 1 aromatic heterocycles. The molecular weight excluding hydrogens is 467 g/mol. The summed E-state index contributed by atoms with van der Waals surface area (Å²) >= 11 is 3.83. The second-order valence-corrected chi connectivity index (χ2v) is 7.65. The van der Waals surface area contributed by atoms with Crippen LogP contribution < -0.4 is 5.73 Å². The molecule has 10 heteroatoms. The number of nitrogen functional groups attached to an aromatic ring is 1. The van der Waals surface area contributed by atoms with E-state index in [9.17, 15) is 26.7 Å². The minimum absolute atomic E-state index is 0.0418. The van der Waals surface area contributed by atoms with Crippen LogP contribution in [0.5, 0.6) is 0 Å². The number of benzene rings is 2. The summed E-state index contributed by atoms with van der Waals surface area (Å²) in [4.78, 5) is 16.6. The molecule has 1 heterocycles. The number of hydrogen-bond acceptors (Lipinski definition) is 4. The van der Waals surface area contributed by atoms with Crippen molar-refractivity contribution in [3.63, 3.8) is 0 Å². The average molecular weight is 477 g/mol. The first-order valence-corrected chi connectivity index (χ1v) is 9.25. The molecular formula is C18H10BrF5N2OS. The molecule has 0 aliphatic rings. The fourth-order valence-corrected chi connectivity index (χ4v) is 4.00. The van der Waals surface area contributed by atoms with E-state index in [0.29, 0.717) is 21.9 Å². The van der Waals surface area contributed by atoms with E-state index in [1.165, 1.54) is 18.2 Å². The highest BCUT2D eigenvalue weighted by molar-refractivity contribution is 9.10. The van der Waals surface area contributed by atoms with Crippen molar-refractivity contribution in [1.29, 1.82) is 0 Å². The molecule has 3 rings (SSSR count). The average Bonchev–Trinajstić information content (AvgIpc) is 3.01. The van der Waals surface area contributed by atoms with Crippen molar-refractivity contribution >= 4 is 38.2 Å². The molecule has 146 valence electrons. The fourth-order valence-electron chi connectivity index (χ4n) is 2.66. The highest BCUT2D eigenvalue weighted by atomic mass is 79.9. The van der Waals surface area contributed by atoms with Gasteiger partial charge in [-0.25, -0.2) is 13.8 Å². The molecule has 0 radical (unpaired) electrons. The predicted molar refractivity (Wildman–Crippen MR) is 99.3 cm³/mol. The van der Waals surface area contributed by atoms with E-state index in [0.717, 1.165) is 12.1 Å². The lowest BCUT2D eigenvalue weighted by atomic mass is 9.99. The van der Waals surface area contributed by atoms with Gasteiger partial charge in [0.2, 0.25) is 5.78 Å². The first-order valence-electron chi connectivity index (χ1n) is 7.64. The molecule has 3 aromatic rings. The standard InChI is InChI=1S/C18H10BrF5N2OS/c19-10-5-8(7-20)4-9(6-10)14-16(28-17(25)26-14)15(27)13-11(18(22,23)24)2-1-3-12(13)21/h1-6H,7H2,(H2,25,26). The van der Waals surface area contributed by atoms with Gasteiger partial charge in [-0.1, -0.05) is 33.3 Å². The molecule has 0 spiro atoms. The van der Waals surface area contributed by atoms with Gasteiger partial charge in [-0.2, -0.15) is 13.2 Å². The maximum Gasteiger partial charge on any atom is 0.417 e. The van der Waals surface area contributed by atoms with Gasteiger partial charge in [0, 0.05) is 10.0 Å². The van der Waals surface area contributed by atoms with Crippen LogP contribution in [0.15, 0.2) is 40.9 Å². The summed E-state index contributed by atoms with van der Waals surface area (Å²) in [5, 5.41) is -0.0926. The van der Waals surface area contributed by atoms with Gasteiger partial charge >= 0.3 is 6.18 Å². The molecule has 3 nitrogen and oxygen atoms in total. The quantitative estimate of drug-likeness (QED) is 0.370. The van der Waals surface area contributed by atoms with Crippen LogP contribution >= 0.6 is 27.3 Å². The molecule has 2 N–H and O–H groups in total. The normalized spacial score (nSPS) is 11.6. The molecule has 0 fully saturated rings. The third kappa shape index (κ3) is 3.93. The third-order valence-corrected chi connectivity index (χ3v) is 5.12. The zero-order valence-electron chi connectivity index (χ0n) is 13.8. The van der Waals surface area contributed by atoms with E-state index < -0.39 is 35.6 Å². The first kappa shape index (κ1) is 20.4. The zero-order chi connectivity index (χ0) is 20.6. The third-order valence-electron chi connectivity index (χ3n) is 3.78. The Bertz CT molecular complexity index is 1060. The second-order valence-electron chi connectivity index (χ2n) is 5.70. The van der Waals surface area contributed by atoms with Crippen molar-refractivity contribution in [3.05, 3.63) is 68.3 Å². The van der Waals surface area contributed by atoms with Crippen molar-refractivity contribution in [2.45, 2.75) is 12.9 Å². The number of nitrogens with two attached hydrogens (primary N) is 1. The predicted octanol–water partition coefficient (Wildman–Crippen LogP) is 6.01. The summed E-state index contributed by atoms with van der Waals surface area (Å²) in [5.41, 5.74) is 3.64. The molecule has 0 amide bonds. The monoisotopic (exact) mass is 476 g/mol. The molecule has 2 aromatic carbocycles. The Morgan fingerprint density at radius 1 is 1.21 bits per heavy atom. The minimum Gasteiger partial charge on any atom is -0.375 e. The number of ketones is 1. The zero-order valence-corrected chi connectivity index (χ0v) is 16.2. The van der Waals surface area contributed by atoms with E-state index in [1.54, 1.807) is 0 Å². The lowest BCUT2D eigenvalue weighted by Crippen LogP contribution is -2.15. The van der Waals surface area contributed by atoms with Crippen LogP contribution in [-0.2, 0) is 12.9 Å². The van der Waals surface area contributed by atoms with Crippen molar-refractivity contribution in [1.82, 2.24) is 4.98 Å². The lowest BCUT2D eigenvalue weighted by molar-refractivity contribution is -0.138. The van der Waals surface area contributed by atoms with Crippen molar-refractivity contribution in [3.8, 4) is 11.3 Å². The molecule has 0 saturated heterocycles. The minimum atomic E-state index is -4.93. The van der Waals surface area contributed by atoms with Gasteiger partial charge in [0.1, 0.15) is 17.4 Å². The second kappa shape index (κ2) is 7.59. The molecule has 28 heavy (non-hydrogen) atoms. The number of hydrogen-bond donors (Lipinski definition) is 1. The highest BCUT2D eigenvalue weighted by Crippen LogP contribution is 2.38. The van der Waals surface area contributed by atoms with E-state index in [-0.39, 0.29) is 26.8 Å². The van der Waals surface area contributed by atoms with Crippen LogP contribution in [0.2, 0.25) is 0 Å². The molecule has 0 aliphatic carbocycles. The van der Waals surface area contributed by atoms with Gasteiger partial charge in [-0.3, -0.25) is 4.79 Å². The molecule has 0 aliphatic heterocycles. The molecule has 0 unspecified atom stereocenters. The van der Waals surface area contributed by atoms with Gasteiger partial charge in [0.15, 0.2) is 5.13 Å². The van der Waals surface area contributed by atoms with Crippen molar-refractivity contribution in [2.24, 2.45) is 0 Å². The number of rotatable bonds is 4. The largest absolute Gasteiger partial charge is 0.417 e. The Morgan fingerprint density at radius 3 is 2.57 bits per heavy atom. The molecule has 0 bridgehead atoms. The van der Waals surface area contributed by atoms with Crippen LogP contribution in [-0.4, -0.2) is 10.8 Å². The number of nitrogens with zero attached hydrogens (tertiary/aromatic N) is 1. The summed E-state index contributed by atoms with van der Waals surface area (Å²) < 4.78 is 67.6. The van der Waals surface area contributed by atoms with Crippen molar-refractivity contribution < 1.29 is 26.7 Å². The van der Waals surface area contributed by atoms with Gasteiger partial charge in [-0.05, 0) is 35.9 Å². The SMILES string of the molecule is Nc1nc(-c2cc(Br)cc(CF)c2)c(C(=O)c2c(F)cccc2C(F)(F)F)s1. The summed E-state index contributed by atoms with van der Waals surface area (Å²) in [5.74, 6) is -2.51. The Morgan fingerprint density at radius 2 is 1.93 bits per heavy atom. The van der Waals surface area contributed by atoms with E-state index >= 15 is 0 Å². The Balaban J connectivity index is 2.21. The maximum absolute atomic E-state index is 14.2. The van der Waals surface area contributed by atoms with Crippen LogP contribution in [0, 0.1) is 5.82 Å². The summed E-state index contributed by atoms with van der Waals surface area (Å²) in [6.07, 6.45) is -4.93. The van der Waals surface area contributed by atoms with Gasteiger partial charge in [-0.15, -0.1) is 0 Å². The summed E-state index contributed by atoms with van der Waals surface area (Å²) in [6.45, 7) is -0.805. The lowest BCUT2D eigenvalue weighted by Gasteiger charge is -2.12. The fraction of sp³-hybridized carbons (Fsp3) is 0.111. The Kier molecular flexibility index (Phi) is 5.53. The van der Waals surface area contributed by atoms with Crippen LogP contribution in [0.3, 0.4) is 0 Å². The highest BCUT2D eigenvalue weighted by Gasteiger charge is 2.38. The van der Waals surface area contributed by atoms with Crippen LogP contribution in [0.25, 0.3) is 11.3 Å². The Hall–Kier alpha value is -2.33. The van der Waals surface area contributed by atoms with E-state index in [1.807, 2.05) is 0 Å². The number of aromatic nitrogens is 1. The number of thiazole rings is 1. The molecule has 0 atom stereocenters. The number of alkyl halides is 4. The summed E-state index contributed by atoms with van der Waals surface area (Å²) in [6, 6.07) is 6.67. The van der Waals surface area contributed by atoms with Crippen LogP contribution in [0.4, 0.5) is 27.1 Å². The summed E-state index contributed by atoms with van der Waals surface area (Å²) in [7, 11) is 0. The van der Waals surface area contributed by atoms with Gasteiger partial charge < -0.3 is 5.73 Å². The Labute approximate surface area is 168 Å². The van der Waals surface area contributed by atoms with Gasteiger partial charge in [0.25, 0.3) is 0 Å². The first-order chi connectivity index (χ1) is 13.1. The van der Waals surface area contributed by atoms with Crippen LogP contribution in [0.1, 0.15) is 26.4 Å². The van der Waals surface area contributed by atoms with E-state index in [4.69, 9.17) is 5.73 Å². The number of carbonyl (C=O) groups excluding carboxylic acids is 1. The maximum atomic E-state index is 14.2. The number of halogens is 6.